The van der Waals surface area contributed by atoms with Gasteiger partial charge >= 0.3 is 5.97 Å². The second-order valence-electron chi connectivity index (χ2n) is 11.8. The summed E-state index contributed by atoms with van der Waals surface area (Å²) >= 11 is 0. The normalized spacial score (nSPS) is 14.9. The van der Waals surface area contributed by atoms with Crippen LogP contribution in [0.15, 0.2) is 18.2 Å². The number of pyridine rings is 1. The van der Waals surface area contributed by atoms with Crippen molar-refractivity contribution in [2.24, 2.45) is 0 Å². The second-order valence-corrected chi connectivity index (χ2v) is 11.8. The highest BCUT2D eigenvalue weighted by molar-refractivity contribution is 6.07. The Morgan fingerprint density at radius 3 is 2.41 bits per heavy atom. The largest absolute Gasteiger partial charge is 0.382 e. The summed E-state index contributed by atoms with van der Waals surface area (Å²) in [6.45, 7) is 4.35. The van der Waals surface area contributed by atoms with E-state index in [2.05, 4.69) is 35.0 Å². The fraction of sp³-hybridized carbons (Fsp3) is 0.576. The van der Waals surface area contributed by atoms with E-state index in [1.54, 1.807) is 0 Å². The zero-order valence-electron chi connectivity index (χ0n) is 26.6. The van der Waals surface area contributed by atoms with Crippen LogP contribution in [0, 0.1) is 0 Å². The van der Waals surface area contributed by atoms with Crippen molar-refractivity contribution in [2.45, 2.75) is 90.0 Å². The van der Waals surface area contributed by atoms with Gasteiger partial charge in [-0.05, 0) is 43.6 Å². The number of nitrogens with two attached hydrogens (primary N) is 1. The predicted octanol–water partition coefficient (Wildman–Crippen LogP) is 3.70. The Labute approximate surface area is 268 Å². The van der Waals surface area contributed by atoms with Crippen LogP contribution in [0.4, 0.5) is 5.82 Å². The molecule has 248 valence electrons. The maximum atomic E-state index is 12.3. The van der Waals surface area contributed by atoms with E-state index in [0.29, 0.717) is 23.3 Å². The van der Waals surface area contributed by atoms with Crippen molar-refractivity contribution < 1.29 is 33.5 Å². The lowest BCUT2D eigenvalue weighted by atomic mass is 10.0. The minimum absolute atomic E-state index is 0.0506. The van der Waals surface area contributed by atoms with Gasteiger partial charge in [0.1, 0.15) is 11.3 Å². The van der Waals surface area contributed by atoms with Crippen molar-refractivity contribution in [1.82, 2.24) is 24.9 Å². The van der Waals surface area contributed by atoms with Crippen molar-refractivity contribution in [2.75, 3.05) is 38.7 Å². The smallest absolute Gasteiger partial charge is 0.335 e. The van der Waals surface area contributed by atoms with Gasteiger partial charge in [-0.2, -0.15) is 0 Å². The average Bonchev–Trinajstić information content (AvgIpc) is 3.76. The number of nitrogens with one attached hydrogen (secondary N) is 1. The quantitative estimate of drug-likeness (QED) is 0.146. The number of fused-ring (bicyclic) bond motifs is 3. The Hall–Kier alpha value is -4.10. The molecule has 2 aromatic heterocycles. The highest BCUT2D eigenvalue weighted by Gasteiger charge is 2.32. The number of hydrogen-bond donors (Lipinski definition) is 2. The number of nitrogens with zero attached hydrogens (tertiary/aromatic N) is 4. The number of hydroxylamine groups is 2. The van der Waals surface area contributed by atoms with E-state index >= 15 is 0 Å². The predicted molar refractivity (Wildman–Crippen MR) is 170 cm³/mol. The molecule has 0 unspecified atom stereocenters. The SMILES string of the molecule is CCCCc1nc2c(N)nc3c(C4CC4)cccc3c2n1CCCCNC(=O)CCOCCOCCC(=O)ON1C(=O)CCC1=O. The van der Waals surface area contributed by atoms with Gasteiger partial charge in [0, 0.05) is 44.2 Å². The van der Waals surface area contributed by atoms with Crippen LogP contribution in [0.3, 0.4) is 0 Å². The number of unbranched alkanes of at least 4 members (excludes halogenated alkanes) is 2. The van der Waals surface area contributed by atoms with Gasteiger partial charge in [0.25, 0.3) is 11.8 Å². The summed E-state index contributed by atoms with van der Waals surface area (Å²) in [5, 5.41) is 4.59. The number of carbonyl (C=O) groups is 4. The molecular weight excluding hydrogens is 592 g/mol. The first-order valence-corrected chi connectivity index (χ1v) is 16.4. The zero-order valence-corrected chi connectivity index (χ0v) is 26.6. The van der Waals surface area contributed by atoms with Crippen molar-refractivity contribution in [3.63, 3.8) is 0 Å². The average molecular weight is 637 g/mol. The van der Waals surface area contributed by atoms with Crippen LogP contribution in [-0.4, -0.2) is 76.3 Å². The topological polar surface area (TPSA) is 168 Å². The third-order valence-electron chi connectivity index (χ3n) is 8.24. The van der Waals surface area contributed by atoms with E-state index in [1.165, 1.54) is 18.4 Å². The van der Waals surface area contributed by atoms with E-state index in [0.717, 1.165) is 66.4 Å². The molecule has 1 saturated heterocycles. The molecule has 2 fully saturated rings. The van der Waals surface area contributed by atoms with Gasteiger partial charge in [0.05, 0.1) is 43.9 Å². The van der Waals surface area contributed by atoms with Gasteiger partial charge in [-0.15, -0.1) is 5.06 Å². The number of rotatable bonds is 19. The fourth-order valence-corrected chi connectivity index (χ4v) is 5.65. The van der Waals surface area contributed by atoms with Crippen LogP contribution >= 0.6 is 0 Å². The third kappa shape index (κ3) is 8.38. The monoisotopic (exact) mass is 636 g/mol. The lowest BCUT2D eigenvalue weighted by Gasteiger charge is -2.13. The molecule has 13 heteroatoms. The summed E-state index contributed by atoms with van der Waals surface area (Å²) in [5.74, 6) is 0.265. The maximum Gasteiger partial charge on any atom is 0.335 e. The first-order chi connectivity index (χ1) is 22.4. The van der Waals surface area contributed by atoms with Crippen molar-refractivity contribution in [3.8, 4) is 0 Å². The highest BCUT2D eigenvalue weighted by Crippen LogP contribution is 2.44. The number of benzene rings is 1. The zero-order chi connectivity index (χ0) is 32.5. The Morgan fingerprint density at radius 2 is 1.70 bits per heavy atom. The molecule has 46 heavy (non-hydrogen) atoms. The third-order valence-corrected chi connectivity index (χ3v) is 8.24. The molecule has 3 aromatic rings. The van der Waals surface area contributed by atoms with Crippen molar-refractivity contribution >= 4 is 51.4 Å². The number of amides is 3. The Kier molecular flexibility index (Phi) is 11.5. The fourth-order valence-electron chi connectivity index (χ4n) is 5.65. The van der Waals surface area contributed by atoms with E-state index < -0.39 is 17.8 Å². The van der Waals surface area contributed by atoms with Gasteiger partial charge in [0.2, 0.25) is 5.91 Å². The molecule has 0 bridgehead atoms. The molecule has 1 aliphatic carbocycles. The summed E-state index contributed by atoms with van der Waals surface area (Å²) in [7, 11) is 0. The molecule has 0 atom stereocenters. The van der Waals surface area contributed by atoms with Crippen LogP contribution in [-0.2, 0) is 46.5 Å². The molecule has 0 spiro atoms. The molecule has 1 saturated carbocycles. The second kappa shape index (κ2) is 15.9. The molecule has 1 aliphatic heterocycles. The van der Waals surface area contributed by atoms with Crippen LogP contribution in [0.1, 0.15) is 88.4 Å². The molecule has 5 rings (SSSR count). The Morgan fingerprint density at radius 1 is 0.957 bits per heavy atom. The molecule has 1 aromatic carbocycles. The first-order valence-electron chi connectivity index (χ1n) is 16.4. The van der Waals surface area contributed by atoms with Crippen molar-refractivity contribution in [3.05, 3.63) is 29.6 Å². The number of ether oxygens (including phenoxy) is 2. The van der Waals surface area contributed by atoms with Gasteiger partial charge in [-0.1, -0.05) is 31.5 Å². The number of aromatic nitrogens is 3. The number of para-hydroxylation sites is 1. The Balaban J connectivity index is 0.999. The maximum absolute atomic E-state index is 12.3. The number of nitrogen functional groups attached to an aromatic ring is 1. The van der Waals surface area contributed by atoms with E-state index in [4.69, 9.17) is 30.0 Å². The summed E-state index contributed by atoms with van der Waals surface area (Å²) in [5.41, 5.74) is 10.6. The summed E-state index contributed by atoms with van der Waals surface area (Å²) < 4.78 is 13.1. The minimum Gasteiger partial charge on any atom is -0.382 e. The molecule has 3 N–H and O–H groups in total. The van der Waals surface area contributed by atoms with Crippen LogP contribution < -0.4 is 11.1 Å². The number of anilines is 1. The number of imidazole rings is 1. The molecule has 13 nitrogen and oxygen atoms in total. The van der Waals surface area contributed by atoms with Gasteiger partial charge in [-0.3, -0.25) is 14.4 Å². The van der Waals surface area contributed by atoms with Crippen molar-refractivity contribution in [1.29, 1.82) is 0 Å². The lowest BCUT2D eigenvalue weighted by Crippen LogP contribution is -2.32. The summed E-state index contributed by atoms with van der Waals surface area (Å²) in [6.07, 6.45) is 7.34. The molecule has 0 radical (unpaired) electrons. The van der Waals surface area contributed by atoms with Gasteiger partial charge < -0.3 is 29.9 Å². The van der Waals surface area contributed by atoms with Crippen LogP contribution in [0.5, 0.6) is 0 Å². The number of aryl methyl sites for hydroxylation is 2. The number of carbonyl (C=O) groups excluding carboxylic acids is 4. The molecule has 3 amide bonds. The summed E-state index contributed by atoms with van der Waals surface area (Å²) in [4.78, 5) is 61.5. The van der Waals surface area contributed by atoms with E-state index in [9.17, 15) is 19.2 Å². The van der Waals surface area contributed by atoms with Gasteiger partial charge in [0.15, 0.2) is 5.82 Å². The molecular formula is C33H44N6O7. The number of imide groups is 1. The van der Waals surface area contributed by atoms with Crippen LogP contribution in [0.2, 0.25) is 0 Å². The highest BCUT2D eigenvalue weighted by atomic mass is 16.7. The lowest BCUT2D eigenvalue weighted by molar-refractivity contribution is -0.198. The van der Waals surface area contributed by atoms with Crippen LogP contribution in [0.25, 0.3) is 21.9 Å². The molecule has 2 aliphatic rings. The summed E-state index contributed by atoms with van der Waals surface area (Å²) in [6, 6.07) is 6.42. The minimum atomic E-state index is -0.713. The standard InChI is InChI=1S/C33H44N6O7/c1-2-3-9-25-36-31-32(24-8-6-7-23(22-10-11-22)30(24)37-33(31)34)38(25)17-5-4-16-35-26(40)14-18-44-20-21-45-19-15-29(43)46-39-27(41)12-13-28(39)42/h6-8,22H,2-5,9-21H2,1H3,(H2,34,37)(H,35,40). The molecule has 3 heterocycles. The van der Waals surface area contributed by atoms with E-state index in [1.807, 2.05) is 0 Å². The Bertz CT molecular complexity index is 1550. The first kappa shape index (κ1) is 33.3. The number of hydrogen-bond acceptors (Lipinski definition) is 10. The van der Waals surface area contributed by atoms with E-state index in [-0.39, 0.29) is 58.0 Å². The van der Waals surface area contributed by atoms with Gasteiger partial charge in [-0.25, -0.2) is 14.8 Å².